The predicted molar refractivity (Wildman–Crippen MR) is 124 cm³/mol. The Balaban J connectivity index is 1.53. The van der Waals surface area contributed by atoms with Crippen molar-refractivity contribution >= 4 is 32.8 Å². The Labute approximate surface area is 204 Å². The number of aromatic nitrogens is 4. The fraction of sp³-hybridized carbons (Fsp3) is 0.476. The second-order valence-electron chi connectivity index (χ2n) is 8.81. The number of hydrogen-bond acceptors (Lipinski definition) is 9. The molecule has 4 heterocycles. The molecule has 2 aliphatic heterocycles. The summed E-state index contributed by atoms with van der Waals surface area (Å²) in [7, 11) is -3.32. The molecule has 0 bridgehead atoms. The zero-order valence-electron chi connectivity index (χ0n) is 19.1. The minimum Gasteiger partial charge on any atom is -0.389 e. The quantitative estimate of drug-likeness (QED) is 0.426. The second-order valence-corrected chi connectivity index (χ2v) is 11.1. The van der Waals surface area contributed by atoms with Gasteiger partial charge in [-0.1, -0.05) is 6.07 Å². The number of nitrogens with zero attached hydrogens (tertiary/aromatic N) is 6. The summed E-state index contributed by atoms with van der Waals surface area (Å²) >= 11 is 0. The highest BCUT2D eigenvalue weighted by Gasteiger charge is 2.36. The number of rotatable bonds is 6. The van der Waals surface area contributed by atoms with E-state index in [-0.39, 0.29) is 55.3 Å². The van der Waals surface area contributed by atoms with Crippen LogP contribution in [0.15, 0.2) is 30.5 Å². The van der Waals surface area contributed by atoms with Crippen molar-refractivity contribution in [1.82, 2.24) is 24.1 Å². The van der Waals surface area contributed by atoms with E-state index in [1.165, 1.54) is 27.3 Å². The number of aliphatic hydroxyl groups excluding tert-OH is 2. The molecule has 2 atom stereocenters. The molecule has 194 valence electrons. The average molecular weight is 528 g/mol. The molecule has 0 saturated carbocycles. The Morgan fingerprint density at radius 2 is 1.81 bits per heavy atom. The average Bonchev–Trinajstić information content (AvgIpc) is 3.37. The molecule has 15 heteroatoms. The standard InChI is InChI=1S/C21H24F3N7O4S/c1-2-36(34,35)30-8-13(9-30)26-20-27-18(29-10-16(32)17(33)11-29)15-7-25-31(19(15)28-20)14-5-3-4-12(6-14)21(22,23)24/h3-7,13,16-17,32-33H,2,8-11H2,1H3,(H,26,27,28)/t16-,17-/m1/s1. The van der Waals surface area contributed by atoms with Crippen LogP contribution in [0.25, 0.3) is 16.7 Å². The van der Waals surface area contributed by atoms with Gasteiger partial charge in [0, 0.05) is 26.2 Å². The van der Waals surface area contributed by atoms with Crippen molar-refractivity contribution in [1.29, 1.82) is 0 Å². The number of β-amino-alcohol motifs (C(OH)–C–C–N with tert-alkyl or cyclic N) is 2. The monoisotopic (exact) mass is 527 g/mol. The number of alkyl halides is 3. The third-order valence-corrected chi connectivity index (χ3v) is 8.14. The molecule has 1 aromatic carbocycles. The van der Waals surface area contributed by atoms with Crippen molar-refractivity contribution in [3.8, 4) is 5.69 Å². The van der Waals surface area contributed by atoms with E-state index in [9.17, 15) is 31.8 Å². The van der Waals surface area contributed by atoms with Gasteiger partial charge < -0.3 is 20.4 Å². The van der Waals surface area contributed by atoms with E-state index in [1.54, 1.807) is 11.8 Å². The highest BCUT2D eigenvalue weighted by atomic mass is 32.2. The van der Waals surface area contributed by atoms with E-state index >= 15 is 0 Å². The zero-order valence-corrected chi connectivity index (χ0v) is 19.9. The molecule has 36 heavy (non-hydrogen) atoms. The maximum atomic E-state index is 13.3. The lowest BCUT2D eigenvalue weighted by Crippen LogP contribution is -2.57. The lowest BCUT2D eigenvalue weighted by molar-refractivity contribution is -0.137. The maximum absolute atomic E-state index is 13.3. The molecule has 0 aliphatic carbocycles. The Bertz CT molecular complexity index is 1380. The van der Waals surface area contributed by atoms with Crippen LogP contribution in [-0.2, 0) is 16.2 Å². The molecule has 3 N–H and O–H groups in total. The number of benzene rings is 1. The molecule has 3 aromatic rings. The first-order valence-corrected chi connectivity index (χ1v) is 12.9. The molecule has 0 spiro atoms. The summed E-state index contributed by atoms with van der Waals surface area (Å²) in [6, 6.07) is 4.40. The van der Waals surface area contributed by atoms with Gasteiger partial charge in [-0.05, 0) is 25.1 Å². The summed E-state index contributed by atoms with van der Waals surface area (Å²) < 4.78 is 66.5. The lowest BCUT2D eigenvalue weighted by Gasteiger charge is -2.38. The van der Waals surface area contributed by atoms with Crippen LogP contribution in [0.3, 0.4) is 0 Å². The summed E-state index contributed by atoms with van der Waals surface area (Å²) in [4.78, 5) is 10.7. The van der Waals surface area contributed by atoms with Crippen molar-refractivity contribution < 1.29 is 31.8 Å². The zero-order chi connectivity index (χ0) is 25.8. The largest absolute Gasteiger partial charge is 0.416 e. The van der Waals surface area contributed by atoms with Gasteiger partial charge in [0.05, 0.1) is 46.8 Å². The van der Waals surface area contributed by atoms with Crippen molar-refractivity contribution in [2.75, 3.05) is 42.1 Å². The SMILES string of the molecule is CCS(=O)(=O)N1CC(Nc2nc(N3C[C@@H](O)[C@H](O)C3)c3cnn(-c4cccc(C(F)(F)F)c4)c3n2)C1. The molecule has 2 fully saturated rings. The van der Waals surface area contributed by atoms with Crippen LogP contribution in [0.4, 0.5) is 24.9 Å². The number of halogens is 3. The van der Waals surface area contributed by atoms with Crippen molar-refractivity contribution in [2.45, 2.75) is 31.3 Å². The highest BCUT2D eigenvalue weighted by molar-refractivity contribution is 7.89. The molecule has 0 unspecified atom stereocenters. The smallest absolute Gasteiger partial charge is 0.389 e. The van der Waals surface area contributed by atoms with E-state index in [1.807, 2.05) is 0 Å². The molecule has 0 radical (unpaired) electrons. The first kappa shape index (κ1) is 24.7. The molecular weight excluding hydrogens is 503 g/mol. The number of aliphatic hydroxyl groups is 2. The van der Waals surface area contributed by atoms with E-state index in [4.69, 9.17) is 0 Å². The number of fused-ring (bicyclic) bond motifs is 1. The number of anilines is 2. The summed E-state index contributed by atoms with van der Waals surface area (Å²) in [6.07, 6.45) is -5.11. The molecule has 11 nitrogen and oxygen atoms in total. The fourth-order valence-corrected chi connectivity index (χ4v) is 5.45. The molecule has 5 rings (SSSR count). The van der Waals surface area contributed by atoms with Gasteiger partial charge in [-0.2, -0.15) is 32.5 Å². The van der Waals surface area contributed by atoms with Crippen LogP contribution in [-0.4, -0.2) is 92.9 Å². The first-order chi connectivity index (χ1) is 17.0. The Hall–Kier alpha value is -3.01. The molecule has 2 aromatic heterocycles. The van der Waals surface area contributed by atoms with E-state index in [0.29, 0.717) is 11.2 Å². The number of sulfonamides is 1. The highest BCUT2D eigenvalue weighted by Crippen LogP contribution is 2.33. The Kier molecular flexibility index (Phi) is 6.05. The third-order valence-electron chi connectivity index (χ3n) is 6.32. The summed E-state index contributed by atoms with van der Waals surface area (Å²) in [5, 5.41) is 27.8. The number of hydrogen-bond donors (Lipinski definition) is 3. The van der Waals surface area contributed by atoms with Gasteiger partial charge in [-0.25, -0.2) is 13.1 Å². The van der Waals surface area contributed by atoms with Crippen LogP contribution < -0.4 is 10.2 Å². The van der Waals surface area contributed by atoms with E-state index in [0.717, 1.165) is 12.1 Å². The predicted octanol–water partition coefficient (Wildman–Crippen LogP) is 0.822. The normalized spacial score (nSPS) is 21.8. The number of nitrogens with one attached hydrogen (secondary N) is 1. The van der Waals surface area contributed by atoms with Gasteiger partial charge in [0.15, 0.2) is 5.65 Å². The molecule has 0 amide bonds. The minimum atomic E-state index is -4.54. The fourth-order valence-electron chi connectivity index (χ4n) is 4.27. The van der Waals surface area contributed by atoms with Gasteiger partial charge in [0.2, 0.25) is 16.0 Å². The van der Waals surface area contributed by atoms with Gasteiger partial charge >= 0.3 is 6.18 Å². The van der Waals surface area contributed by atoms with Gasteiger partial charge in [-0.3, -0.25) is 0 Å². The summed E-state index contributed by atoms with van der Waals surface area (Å²) in [5.74, 6) is 0.455. The van der Waals surface area contributed by atoms with Gasteiger partial charge in [0.1, 0.15) is 5.82 Å². The molecular formula is C21H24F3N7O4S. The van der Waals surface area contributed by atoms with Crippen LogP contribution in [0, 0.1) is 0 Å². The van der Waals surface area contributed by atoms with Crippen LogP contribution in [0.1, 0.15) is 12.5 Å². The second kappa shape index (κ2) is 8.83. The van der Waals surface area contributed by atoms with E-state index < -0.39 is 34.0 Å². The summed E-state index contributed by atoms with van der Waals surface area (Å²) in [5.41, 5.74) is -0.482. The first-order valence-electron chi connectivity index (χ1n) is 11.2. The topological polar surface area (TPSA) is 137 Å². The van der Waals surface area contributed by atoms with Crippen molar-refractivity contribution in [3.63, 3.8) is 0 Å². The Morgan fingerprint density at radius 1 is 1.11 bits per heavy atom. The molecule has 2 saturated heterocycles. The van der Waals surface area contributed by atoms with Crippen molar-refractivity contribution in [3.05, 3.63) is 36.0 Å². The van der Waals surface area contributed by atoms with Crippen molar-refractivity contribution in [2.24, 2.45) is 0 Å². The summed E-state index contributed by atoms with van der Waals surface area (Å²) in [6.45, 7) is 2.19. The van der Waals surface area contributed by atoms with Gasteiger partial charge in [0.25, 0.3) is 0 Å². The lowest BCUT2D eigenvalue weighted by atomic mass is 10.2. The van der Waals surface area contributed by atoms with Crippen LogP contribution in [0.2, 0.25) is 0 Å². The van der Waals surface area contributed by atoms with Crippen LogP contribution in [0.5, 0.6) is 0 Å². The third kappa shape index (κ3) is 4.47. The van der Waals surface area contributed by atoms with Crippen LogP contribution >= 0.6 is 0 Å². The maximum Gasteiger partial charge on any atom is 0.416 e. The van der Waals surface area contributed by atoms with E-state index in [2.05, 4.69) is 20.4 Å². The van der Waals surface area contributed by atoms with Gasteiger partial charge in [-0.15, -0.1) is 0 Å². The minimum absolute atomic E-state index is 0.0118. The molecule has 2 aliphatic rings. The Morgan fingerprint density at radius 3 is 2.44 bits per heavy atom.